The van der Waals surface area contributed by atoms with Gasteiger partial charge in [0.2, 0.25) is 0 Å². The smallest absolute Gasteiger partial charge is 0.196 e. The van der Waals surface area contributed by atoms with Crippen molar-refractivity contribution in [2.75, 3.05) is 6.61 Å². The molecule has 0 saturated heterocycles. The molecule has 2 nitrogen and oxygen atoms in total. The fourth-order valence-corrected chi connectivity index (χ4v) is 1.91. The van der Waals surface area contributed by atoms with Crippen molar-refractivity contribution < 1.29 is 9.53 Å². The second-order valence-electron chi connectivity index (χ2n) is 3.77. The maximum Gasteiger partial charge on any atom is 0.196 e. The van der Waals surface area contributed by atoms with Crippen LogP contribution in [-0.2, 0) is 0 Å². The summed E-state index contributed by atoms with van der Waals surface area (Å²) in [6.45, 7) is 2.42. The van der Waals surface area contributed by atoms with Gasteiger partial charge in [-0.2, -0.15) is 0 Å². The van der Waals surface area contributed by atoms with Gasteiger partial charge in [-0.3, -0.25) is 4.79 Å². The van der Waals surface area contributed by atoms with E-state index in [0.717, 1.165) is 0 Å². The SMILES string of the molecule is CCOc1ccccc1C(=O)c1cccc(Cl)c1. The lowest BCUT2D eigenvalue weighted by atomic mass is 10.0. The first-order chi connectivity index (χ1) is 8.72. The Hall–Kier alpha value is -1.80. The van der Waals surface area contributed by atoms with Crippen LogP contribution < -0.4 is 4.74 Å². The molecule has 2 rings (SSSR count). The molecule has 2 aromatic rings. The van der Waals surface area contributed by atoms with Gasteiger partial charge in [-0.15, -0.1) is 0 Å². The van der Waals surface area contributed by atoms with Crippen molar-refractivity contribution in [1.29, 1.82) is 0 Å². The summed E-state index contributed by atoms with van der Waals surface area (Å²) in [5, 5.41) is 0.551. The highest BCUT2D eigenvalue weighted by Gasteiger charge is 2.14. The first-order valence-corrected chi connectivity index (χ1v) is 6.12. The number of hydrogen-bond donors (Lipinski definition) is 0. The van der Waals surface area contributed by atoms with Crippen molar-refractivity contribution >= 4 is 17.4 Å². The molecule has 0 aliphatic rings. The summed E-state index contributed by atoms with van der Waals surface area (Å²) in [7, 11) is 0. The Labute approximate surface area is 111 Å². The largest absolute Gasteiger partial charge is 0.493 e. The average Bonchev–Trinajstić information content (AvgIpc) is 2.39. The summed E-state index contributed by atoms with van der Waals surface area (Å²) in [4.78, 5) is 12.4. The van der Waals surface area contributed by atoms with Crippen LogP contribution >= 0.6 is 11.6 Å². The maximum absolute atomic E-state index is 12.4. The Bertz CT molecular complexity index is 564. The third-order valence-electron chi connectivity index (χ3n) is 2.52. The Balaban J connectivity index is 2.40. The van der Waals surface area contributed by atoms with E-state index < -0.39 is 0 Å². The highest BCUT2D eigenvalue weighted by Crippen LogP contribution is 2.22. The Morgan fingerprint density at radius 3 is 2.67 bits per heavy atom. The van der Waals surface area contributed by atoms with Crippen molar-refractivity contribution in [3.05, 3.63) is 64.7 Å². The van der Waals surface area contributed by atoms with E-state index in [9.17, 15) is 4.79 Å². The second kappa shape index (κ2) is 5.69. The zero-order valence-electron chi connectivity index (χ0n) is 10.0. The van der Waals surface area contributed by atoms with Gasteiger partial charge in [-0.1, -0.05) is 35.9 Å². The number of ketones is 1. The molecule has 0 aromatic heterocycles. The molecule has 0 N–H and O–H groups in total. The van der Waals surface area contributed by atoms with Gasteiger partial charge in [0, 0.05) is 10.6 Å². The number of hydrogen-bond acceptors (Lipinski definition) is 2. The lowest BCUT2D eigenvalue weighted by Crippen LogP contribution is -2.05. The van der Waals surface area contributed by atoms with Gasteiger partial charge >= 0.3 is 0 Å². The second-order valence-corrected chi connectivity index (χ2v) is 4.21. The molecule has 0 fully saturated rings. The number of rotatable bonds is 4. The summed E-state index contributed by atoms with van der Waals surface area (Å²) in [5.41, 5.74) is 1.12. The van der Waals surface area contributed by atoms with Crippen LogP contribution in [0.3, 0.4) is 0 Å². The van der Waals surface area contributed by atoms with Gasteiger partial charge in [0.05, 0.1) is 12.2 Å². The quantitative estimate of drug-likeness (QED) is 0.778. The summed E-state index contributed by atoms with van der Waals surface area (Å²) in [6, 6.07) is 14.1. The van der Waals surface area contributed by atoms with Crippen molar-refractivity contribution in [3.8, 4) is 5.75 Å². The molecule has 18 heavy (non-hydrogen) atoms. The van der Waals surface area contributed by atoms with E-state index in [0.29, 0.717) is 28.5 Å². The monoisotopic (exact) mass is 260 g/mol. The van der Waals surface area contributed by atoms with Gasteiger partial charge in [0.1, 0.15) is 5.75 Å². The number of para-hydroxylation sites is 1. The molecule has 0 aliphatic carbocycles. The third-order valence-corrected chi connectivity index (χ3v) is 2.75. The number of ether oxygens (including phenoxy) is 1. The van der Waals surface area contributed by atoms with Gasteiger partial charge in [-0.05, 0) is 31.2 Å². The Morgan fingerprint density at radius 1 is 1.17 bits per heavy atom. The summed E-state index contributed by atoms with van der Waals surface area (Å²) in [5.74, 6) is 0.520. The highest BCUT2D eigenvalue weighted by atomic mass is 35.5. The summed E-state index contributed by atoms with van der Waals surface area (Å²) >= 11 is 5.89. The number of halogens is 1. The molecule has 0 atom stereocenters. The van der Waals surface area contributed by atoms with E-state index in [1.165, 1.54) is 0 Å². The third kappa shape index (κ3) is 2.71. The van der Waals surface area contributed by atoms with Crippen LogP contribution in [0.5, 0.6) is 5.75 Å². The van der Waals surface area contributed by atoms with Gasteiger partial charge < -0.3 is 4.74 Å². The molecule has 92 valence electrons. The van der Waals surface area contributed by atoms with Crippen molar-refractivity contribution in [1.82, 2.24) is 0 Å². The van der Waals surface area contributed by atoms with E-state index in [4.69, 9.17) is 16.3 Å². The average molecular weight is 261 g/mol. The standard InChI is InChI=1S/C15H13ClO2/c1-2-18-14-9-4-3-8-13(14)15(17)11-6-5-7-12(16)10-11/h3-10H,2H2,1H3. The fraction of sp³-hybridized carbons (Fsp3) is 0.133. The molecule has 0 bridgehead atoms. The van der Waals surface area contributed by atoms with Crippen LogP contribution in [0, 0.1) is 0 Å². The van der Waals surface area contributed by atoms with Crippen molar-refractivity contribution in [2.24, 2.45) is 0 Å². The Kier molecular flexibility index (Phi) is 4.00. The topological polar surface area (TPSA) is 26.3 Å². The molecular formula is C15H13ClO2. The zero-order chi connectivity index (χ0) is 13.0. The minimum absolute atomic E-state index is 0.0819. The van der Waals surface area contributed by atoms with E-state index in [-0.39, 0.29) is 5.78 Å². The molecule has 3 heteroatoms. The van der Waals surface area contributed by atoms with Crippen LogP contribution in [-0.4, -0.2) is 12.4 Å². The van der Waals surface area contributed by atoms with Crippen molar-refractivity contribution in [2.45, 2.75) is 6.92 Å². The van der Waals surface area contributed by atoms with Gasteiger partial charge in [0.15, 0.2) is 5.78 Å². The molecule has 0 unspecified atom stereocenters. The minimum atomic E-state index is -0.0819. The van der Waals surface area contributed by atoms with Crippen LogP contribution in [0.1, 0.15) is 22.8 Å². The predicted molar refractivity (Wildman–Crippen MR) is 72.5 cm³/mol. The molecule has 0 radical (unpaired) electrons. The van der Waals surface area contributed by atoms with Gasteiger partial charge in [0.25, 0.3) is 0 Å². The normalized spacial score (nSPS) is 10.1. The summed E-state index contributed by atoms with van der Waals surface area (Å²) in [6.07, 6.45) is 0. The molecule has 0 spiro atoms. The van der Waals surface area contributed by atoms with Crippen LogP contribution in [0.2, 0.25) is 5.02 Å². The van der Waals surface area contributed by atoms with Gasteiger partial charge in [-0.25, -0.2) is 0 Å². The zero-order valence-corrected chi connectivity index (χ0v) is 10.8. The molecule has 2 aromatic carbocycles. The van der Waals surface area contributed by atoms with E-state index >= 15 is 0 Å². The van der Waals surface area contributed by atoms with Crippen LogP contribution in [0.25, 0.3) is 0 Å². The fourth-order valence-electron chi connectivity index (χ4n) is 1.72. The molecule has 0 aliphatic heterocycles. The van der Waals surface area contributed by atoms with E-state index in [1.807, 2.05) is 19.1 Å². The molecule has 0 heterocycles. The lowest BCUT2D eigenvalue weighted by molar-refractivity contribution is 0.103. The molecule has 0 saturated carbocycles. The van der Waals surface area contributed by atoms with Crippen LogP contribution in [0.4, 0.5) is 0 Å². The van der Waals surface area contributed by atoms with Crippen molar-refractivity contribution in [3.63, 3.8) is 0 Å². The number of carbonyl (C=O) groups excluding carboxylic acids is 1. The highest BCUT2D eigenvalue weighted by molar-refractivity contribution is 6.31. The summed E-state index contributed by atoms with van der Waals surface area (Å²) < 4.78 is 5.46. The lowest BCUT2D eigenvalue weighted by Gasteiger charge is -2.09. The van der Waals surface area contributed by atoms with E-state index in [2.05, 4.69) is 0 Å². The number of benzene rings is 2. The molecule has 0 amide bonds. The maximum atomic E-state index is 12.4. The first kappa shape index (κ1) is 12.7. The Morgan fingerprint density at radius 2 is 1.94 bits per heavy atom. The van der Waals surface area contributed by atoms with E-state index in [1.54, 1.807) is 36.4 Å². The molecular weight excluding hydrogens is 248 g/mol. The minimum Gasteiger partial charge on any atom is -0.493 e. The predicted octanol–water partition coefficient (Wildman–Crippen LogP) is 3.97. The number of carbonyl (C=O) groups is 1. The van der Waals surface area contributed by atoms with Crippen LogP contribution in [0.15, 0.2) is 48.5 Å². The first-order valence-electron chi connectivity index (χ1n) is 5.74.